The molecule has 0 saturated carbocycles. The maximum atomic E-state index is 11.7. The summed E-state index contributed by atoms with van der Waals surface area (Å²) in [5, 5.41) is 0. The van der Waals surface area contributed by atoms with E-state index in [-0.39, 0.29) is 6.09 Å². The van der Waals surface area contributed by atoms with E-state index in [9.17, 15) is 4.79 Å². The van der Waals surface area contributed by atoms with Gasteiger partial charge in [0.05, 0.1) is 14.2 Å². The lowest BCUT2D eigenvalue weighted by atomic mass is 9.95. The molecule has 0 bridgehead atoms. The topological polar surface area (TPSA) is 42.0 Å². The summed E-state index contributed by atoms with van der Waals surface area (Å²) < 4.78 is 11.4. The Morgan fingerprint density at radius 2 is 2.04 bits per heavy atom. The fraction of sp³-hybridized carbons (Fsp3) is 0.667. The van der Waals surface area contributed by atoms with Gasteiger partial charge in [-0.3, -0.25) is 0 Å². The molecule has 0 aliphatic carbocycles. The van der Waals surface area contributed by atoms with Gasteiger partial charge < -0.3 is 19.3 Å². The molecule has 2 saturated heterocycles. The molecule has 6 heteroatoms. The highest BCUT2D eigenvalue weighted by Crippen LogP contribution is 2.29. The number of amides is 1. The molecule has 3 rings (SSSR count). The molecule has 0 aromatic heterocycles. The number of methoxy groups -OCH3 is 2. The zero-order valence-electron chi connectivity index (χ0n) is 16.5. The summed E-state index contributed by atoms with van der Waals surface area (Å²) >= 11 is 3.68. The quantitative estimate of drug-likeness (QED) is 0.667. The van der Waals surface area contributed by atoms with Crippen LogP contribution in [0.1, 0.15) is 31.2 Å². The lowest BCUT2D eigenvalue weighted by Gasteiger charge is -2.32. The van der Waals surface area contributed by atoms with E-state index >= 15 is 0 Å². The van der Waals surface area contributed by atoms with Crippen LogP contribution in [0.5, 0.6) is 5.75 Å². The average Bonchev–Trinajstić information content (AvgIpc) is 3.15. The zero-order valence-corrected chi connectivity index (χ0v) is 18.0. The van der Waals surface area contributed by atoms with Crippen molar-refractivity contribution >= 4 is 22.0 Å². The van der Waals surface area contributed by atoms with Crippen LogP contribution in [0.25, 0.3) is 0 Å². The fourth-order valence-corrected chi connectivity index (χ4v) is 4.80. The summed E-state index contributed by atoms with van der Waals surface area (Å²) in [6, 6.07) is 6.23. The first kappa shape index (κ1) is 20.5. The van der Waals surface area contributed by atoms with Gasteiger partial charge in [-0.15, -0.1) is 0 Å². The normalized spacial score (nSPS) is 23.4. The second-order valence-corrected chi connectivity index (χ2v) is 8.68. The third-order valence-electron chi connectivity index (χ3n) is 5.94. The summed E-state index contributed by atoms with van der Waals surface area (Å²) in [7, 11) is 3.19. The number of carbonyl (C=O) groups is 1. The molecule has 2 heterocycles. The Morgan fingerprint density at radius 3 is 2.81 bits per heavy atom. The first-order valence-electron chi connectivity index (χ1n) is 9.96. The van der Waals surface area contributed by atoms with Gasteiger partial charge in [0, 0.05) is 24.1 Å². The Morgan fingerprint density at radius 1 is 1.19 bits per heavy atom. The predicted molar refractivity (Wildman–Crippen MR) is 110 cm³/mol. The molecule has 2 fully saturated rings. The van der Waals surface area contributed by atoms with Gasteiger partial charge in [-0.05, 0) is 80.8 Å². The van der Waals surface area contributed by atoms with Crippen molar-refractivity contribution in [3.05, 3.63) is 28.2 Å². The van der Waals surface area contributed by atoms with Gasteiger partial charge in [0.25, 0.3) is 0 Å². The van der Waals surface area contributed by atoms with Crippen molar-refractivity contribution in [2.75, 3.05) is 46.9 Å². The number of likely N-dealkylation sites (tertiary alicyclic amines) is 2. The summed E-state index contributed by atoms with van der Waals surface area (Å²) in [6.07, 6.45) is 5.65. The van der Waals surface area contributed by atoms with E-state index in [4.69, 9.17) is 9.47 Å². The SMILES string of the molecule is COC(=O)N1CCCC(CCN2CCC(Cc3cc(OC)ccc3Br)C2)C1. The molecule has 1 amide bonds. The van der Waals surface area contributed by atoms with Gasteiger partial charge in [-0.2, -0.15) is 0 Å². The van der Waals surface area contributed by atoms with Gasteiger partial charge >= 0.3 is 6.09 Å². The number of nitrogens with zero attached hydrogens (tertiary/aromatic N) is 2. The van der Waals surface area contributed by atoms with Crippen LogP contribution in [-0.2, 0) is 11.2 Å². The molecule has 2 aliphatic heterocycles. The van der Waals surface area contributed by atoms with E-state index in [2.05, 4.69) is 33.0 Å². The summed E-state index contributed by atoms with van der Waals surface area (Å²) in [5.41, 5.74) is 1.34. The van der Waals surface area contributed by atoms with Crippen molar-refractivity contribution in [2.45, 2.75) is 32.1 Å². The number of ether oxygens (including phenoxy) is 2. The van der Waals surface area contributed by atoms with E-state index in [1.165, 1.54) is 43.0 Å². The Kier molecular flexibility index (Phi) is 7.41. The molecule has 2 unspecified atom stereocenters. The first-order chi connectivity index (χ1) is 13.1. The molecule has 0 radical (unpaired) electrons. The zero-order chi connectivity index (χ0) is 19.2. The maximum absolute atomic E-state index is 11.7. The molecule has 1 aromatic carbocycles. The largest absolute Gasteiger partial charge is 0.497 e. The predicted octanol–water partition coefficient (Wildman–Crippen LogP) is 4.19. The molecule has 1 aromatic rings. The summed E-state index contributed by atoms with van der Waals surface area (Å²) in [6.45, 7) is 5.16. The first-order valence-corrected chi connectivity index (χ1v) is 10.8. The molecule has 0 spiro atoms. The maximum Gasteiger partial charge on any atom is 0.409 e. The number of halogens is 1. The minimum Gasteiger partial charge on any atom is -0.497 e. The lowest BCUT2D eigenvalue weighted by Crippen LogP contribution is -2.40. The van der Waals surface area contributed by atoms with Crippen LogP contribution in [0.15, 0.2) is 22.7 Å². The number of hydrogen-bond donors (Lipinski definition) is 0. The standard InChI is InChI=1S/C21H31BrN2O3/c1-26-19-5-6-20(22)18(13-19)12-17-8-11-23(14-17)10-7-16-4-3-9-24(15-16)21(25)27-2/h5-6,13,16-17H,3-4,7-12,14-15H2,1-2H3. The Hall–Kier alpha value is -1.27. The minimum atomic E-state index is -0.176. The van der Waals surface area contributed by atoms with E-state index < -0.39 is 0 Å². The molecular formula is C21H31BrN2O3. The van der Waals surface area contributed by atoms with Crippen molar-refractivity contribution in [3.8, 4) is 5.75 Å². The molecule has 0 N–H and O–H groups in total. The van der Waals surface area contributed by atoms with Gasteiger partial charge in [-0.25, -0.2) is 4.79 Å². The van der Waals surface area contributed by atoms with Crippen LogP contribution in [-0.4, -0.2) is 62.8 Å². The highest BCUT2D eigenvalue weighted by atomic mass is 79.9. The van der Waals surface area contributed by atoms with Crippen LogP contribution >= 0.6 is 15.9 Å². The summed E-state index contributed by atoms with van der Waals surface area (Å²) in [4.78, 5) is 16.2. The fourth-order valence-electron chi connectivity index (χ4n) is 4.39. The Balaban J connectivity index is 1.44. The Labute approximate surface area is 171 Å². The van der Waals surface area contributed by atoms with Gasteiger partial charge in [0.2, 0.25) is 0 Å². The number of hydrogen-bond acceptors (Lipinski definition) is 4. The molecule has 2 aliphatic rings. The van der Waals surface area contributed by atoms with Crippen molar-refractivity contribution in [1.82, 2.24) is 9.80 Å². The molecule has 5 nitrogen and oxygen atoms in total. The van der Waals surface area contributed by atoms with Crippen LogP contribution in [0.2, 0.25) is 0 Å². The monoisotopic (exact) mass is 438 g/mol. The van der Waals surface area contributed by atoms with Gasteiger partial charge in [-0.1, -0.05) is 15.9 Å². The van der Waals surface area contributed by atoms with Crippen LogP contribution in [0.3, 0.4) is 0 Å². The van der Waals surface area contributed by atoms with Crippen molar-refractivity contribution < 1.29 is 14.3 Å². The summed E-state index contributed by atoms with van der Waals surface area (Å²) in [5.74, 6) is 2.23. The van der Waals surface area contributed by atoms with Crippen LogP contribution in [0.4, 0.5) is 4.79 Å². The third kappa shape index (κ3) is 5.61. The third-order valence-corrected chi connectivity index (χ3v) is 6.71. The van der Waals surface area contributed by atoms with Gasteiger partial charge in [0.1, 0.15) is 5.75 Å². The molecule has 27 heavy (non-hydrogen) atoms. The number of piperidine rings is 1. The minimum absolute atomic E-state index is 0.176. The molecular weight excluding hydrogens is 408 g/mol. The number of benzene rings is 1. The highest BCUT2D eigenvalue weighted by molar-refractivity contribution is 9.10. The second kappa shape index (κ2) is 9.78. The number of carbonyl (C=O) groups excluding carboxylic acids is 1. The average molecular weight is 439 g/mol. The number of rotatable bonds is 6. The molecule has 2 atom stereocenters. The Bertz CT molecular complexity index is 640. The van der Waals surface area contributed by atoms with E-state index in [0.29, 0.717) is 11.8 Å². The lowest BCUT2D eigenvalue weighted by molar-refractivity contribution is 0.0984. The highest BCUT2D eigenvalue weighted by Gasteiger charge is 2.27. The second-order valence-electron chi connectivity index (χ2n) is 7.83. The van der Waals surface area contributed by atoms with Crippen LogP contribution in [0, 0.1) is 11.8 Å². The van der Waals surface area contributed by atoms with Crippen LogP contribution < -0.4 is 4.74 Å². The van der Waals surface area contributed by atoms with Crippen molar-refractivity contribution in [2.24, 2.45) is 11.8 Å². The van der Waals surface area contributed by atoms with Gasteiger partial charge in [0.15, 0.2) is 0 Å². The van der Waals surface area contributed by atoms with E-state index in [1.54, 1.807) is 7.11 Å². The molecule has 150 valence electrons. The van der Waals surface area contributed by atoms with Crippen molar-refractivity contribution in [3.63, 3.8) is 0 Å². The smallest absolute Gasteiger partial charge is 0.409 e. The van der Waals surface area contributed by atoms with E-state index in [0.717, 1.165) is 44.8 Å². The van der Waals surface area contributed by atoms with E-state index in [1.807, 2.05) is 11.0 Å². The van der Waals surface area contributed by atoms with Crippen molar-refractivity contribution in [1.29, 1.82) is 0 Å².